The van der Waals surface area contributed by atoms with Gasteiger partial charge in [0.1, 0.15) is 0 Å². The fraction of sp³-hybridized carbons (Fsp3) is 0. The highest BCUT2D eigenvalue weighted by molar-refractivity contribution is 8.00. The monoisotopic (exact) mass is 1050 g/mol. The molecule has 0 fully saturated rings. The van der Waals surface area contributed by atoms with Crippen LogP contribution in [0, 0.1) is 0 Å². The van der Waals surface area contributed by atoms with Crippen LogP contribution in [0.3, 0.4) is 0 Å². The zero-order chi connectivity index (χ0) is 52.9. The number of hydrogen-bond acceptors (Lipinski definition) is 6. The molecule has 0 saturated carbocycles. The predicted molar refractivity (Wildman–Crippen MR) is 344 cm³/mol. The van der Waals surface area contributed by atoms with E-state index in [1.54, 1.807) is 0 Å². The molecule has 0 radical (unpaired) electrons. The van der Waals surface area contributed by atoms with Crippen LogP contribution in [0.1, 0.15) is 0 Å². The van der Waals surface area contributed by atoms with Crippen molar-refractivity contribution in [3.63, 3.8) is 0 Å². The van der Waals surface area contributed by atoms with Gasteiger partial charge in [-0.05, 0) is 153 Å². The number of benzene rings is 12. The number of rotatable bonds is 6. The van der Waals surface area contributed by atoms with Crippen LogP contribution >= 0.6 is 11.8 Å². The molecule has 374 valence electrons. The molecule has 6 heterocycles. The maximum absolute atomic E-state index is 2.63. The van der Waals surface area contributed by atoms with Gasteiger partial charge >= 0.3 is 0 Å². The van der Waals surface area contributed by atoms with Crippen LogP contribution in [-0.4, -0.2) is 20.1 Å². The van der Waals surface area contributed by atoms with Crippen molar-refractivity contribution in [2.45, 2.75) is 9.79 Å². The summed E-state index contributed by atoms with van der Waals surface area (Å²) in [6, 6.07) is 104. The van der Waals surface area contributed by atoms with E-state index in [0.717, 1.165) is 34.1 Å². The summed E-state index contributed by atoms with van der Waals surface area (Å²) in [5.41, 5.74) is 29.7. The van der Waals surface area contributed by atoms with Crippen LogP contribution in [0.2, 0.25) is 0 Å². The first-order chi connectivity index (χ1) is 40.2. The van der Waals surface area contributed by atoms with Crippen molar-refractivity contribution in [3.8, 4) is 0 Å². The molecule has 0 saturated heterocycles. The van der Waals surface area contributed by atoms with Crippen LogP contribution in [0.25, 0.3) is 0 Å². The van der Waals surface area contributed by atoms with Crippen LogP contribution in [0.15, 0.2) is 289 Å². The van der Waals surface area contributed by atoms with Gasteiger partial charge in [0.25, 0.3) is 13.4 Å². The summed E-state index contributed by atoms with van der Waals surface area (Å²) in [5, 5.41) is 0. The molecule has 0 aliphatic carbocycles. The lowest BCUT2D eigenvalue weighted by Crippen LogP contribution is -2.69. The molecule has 0 atom stereocenters. The number of anilines is 15. The summed E-state index contributed by atoms with van der Waals surface area (Å²) < 4.78 is 0. The van der Waals surface area contributed by atoms with E-state index in [4.69, 9.17) is 0 Å². The van der Waals surface area contributed by atoms with Gasteiger partial charge in [0.05, 0.1) is 0 Å². The zero-order valence-corrected chi connectivity index (χ0v) is 44.8. The van der Waals surface area contributed by atoms with E-state index in [1.165, 1.54) is 110 Å². The molecular weight excluding hydrogens is 999 g/mol. The molecule has 81 heavy (non-hydrogen) atoms. The minimum Gasteiger partial charge on any atom is -0.312 e. The third-order valence-electron chi connectivity index (χ3n) is 17.8. The first-order valence-corrected chi connectivity index (χ1v) is 28.9. The molecular formula is C72H46B3N5S. The number of para-hydroxylation sites is 9. The summed E-state index contributed by atoms with van der Waals surface area (Å²) in [7, 11) is 0. The normalized spacial score (nSPS) is 14.0. The summed E-state index contributed by atoms with van der Waals surface area (Å²) >= 11 is 1.94. The SMILES string of the molecule is c1ccc(N(c2ccccc2)c2cc3c4c(c2)N(c2ccccc2)c2ccccc2B4c2cc4c(cc2S3)B2c3ccccc3N3c5ccccc5B5c6ccccc6N(c6ccccc6)c6cc(c2c3c65)N4c2ccccc2)cc1. The first-order valence-electron chi connectivity index (χ1n) is 28.1. The van der Waals surface area contributed by atoms with Crippen molar-refractivity contribution in [2.24, 2.45) is 0 Å². The van der Waals surface area contributed by atoms with Crippen LogP contribution in [0.5, 0.6) is 0 Å². The van der Waals surface area contributed by atoms with Crippen LogP contribution < -0.4 is 73.7 Å². The summed E-state index contributed by atoms with van der Waals surface area (Å²) in [5.74, 6) is 0. The van der Waals surface area contributed by atoms with Gasteiger partial charge in [-0.15, -0.1) is 0 Å². The van der Waals surface area contributed by atoms with Crippen molar-refractivity contribution < 1.29 is 0 Å². The fourth-order valence-corrected chi connectivity index (χ4v) is 15.9. The number of hydrogen-bond donors (Lipinski definition) is 0. The molecule has 9 heteroatoms. The second-order valence-electron chi connectivity index (χ2n) is 21.9. The Bertz CT molecular complexity index is 4520. The average Bonchev–Trinajstić information content (AvgIpc) is 3.67. The Balaban J connectivity index is 0.934. The number of nitrogens with zero attached hydrogens (tertiary/aromatic N) is 5. The highest BCUT2D eigenvalue weighted by atomic mass is 32.2. The Morgan fingerprint density at radius 1 is 0.247 bits per heavy atom. The van der Waals surface area contributed by atoms with E-state index in [9.17, 15) is 0 Å². The zero-order valence-electron chi connectivity index (χ0n) is 43.9. The molecule has 6 aliphatic rings. The standard InChI is InChI=1S/C72H46B3N5S/c1-6-24-47(25-7-1)76(48-26-8-2-9-27-48)52-42-64-69-68(43-52)81-67-45-57-63(44-58(67)75(69)54-35-17-21-39-60(54)77(64)49-28-10-3-11-29-49)79(51-32-14-5-15-33-51)66-46-65-70-72-71(66)74(57)56-37-19-23-41-62(56)80(72)61-40-22-18-36-55(61)73(70)53-34-16-20-38-59(53)78(65)50-30-12-4-13-31-50/h1-46H. The Morgan fingerprint density at radius 2 is 0.617 bits per heavy atom. The van der Waals surface area contributed by atoms with E-state index in [0.29, 0.717) is 0 Å². The average molecular weight is 1050 g/mol. The second kappa shape index (κ2) is 17.3. The molecule has 0 N–H and O–H groups in total. The summed E-state index contributed by atoms with van der Waals surface area (Å²) in [4.78, 5) is 15.3. The van der Waals surface area contributed by atoms with Crippen LogP contribution in [-0.2, 0) is 0 Å². The minimum atomic E-state index is -0.0657. The fourth-order valence-electron chi connectivity index (χ4n) is 14.7. The van der Waals surface area contributed by atoms with E-state index in [-0.39, 0.29) is 20.1 Å². The molecule has 12 aromatic carbocycles. The summed E-state index contributed by atoms with van der Waals surface area (Å²) in [6.45, 7) is -0.0959. The van der Waals surface area contributed by atoms with Gasteiger partial charge in [-0.25, -0.2) is 0 Å². The lowest BCUT2D eigenvalue weighted by atomic mass is 9.28. The van der Waals surface area contributed by atoms with Gasteiger partial charge in [0, 0.05) is 95.1 Å². The highest BCUT2D eigenvalue weighted by Gasteiger charge is 2.52. The van der Waals surface area contributed by atoms with E-state index < -0.39 is 0 Å². The molecule has 0 amide bonds. The van der Waals surface area contributed by atoms with Crippen molar-refractivity contribution >= 4 is 166 Å². The topological polar surface area (TPSA) is 16.2 Å². The highest BCUT2D eigenvalue weighted by Crippen LogP contribution is 2.52. The molecule has 0 aromatic heterocycles. The van der Waals surface area contributed by atoms with E-state index in [2.05, 4.69) is 304 Å². The van der Waals surface area contributed by atoms with Gasteiger partial charge in [0.2, 0.25) is 6.71 Å². The lowest BCUT2D eigenvalue weighted by Gasteiger charge is -2.51. The van der Waals surface area contributed by atoms with Crippen molar-refractivity contribution in [1.29, 1.82) is 0 Å². The Hall–Kier alpha value is -9.82. The Morgan fingerprint density at radius 3 is 1.09 bits per heavy atom. The third-order valence-corrected chi connectivity index (χ3v) is 18.9. The molecule has 18 rings (SSSR count). The largest absolute Gasteiger partial charge is 0.312 e. The minimum absolute atomic E-state index is 0.0218. The van der Waals surface area contributed by atoms with Gasteiger partial charge < -0.3 is 24.5 Å². The van der Waals surface area contributed by atoms with Crippen molar-refractivity contribution in [1.82, 2.24) is 0 Å². The Labute approximate surface area is 476 Å². The molecule has 5 nitrogen and oxygen atoms in total. The Kier molecular flexibility index (Phi) is 9.65. The molecule has 6 aliphatic heterocycles. The maximum atomic E-state index is 2.63. The van der Waals surface area contributed by atoms with Gasteiger partial charge in [-0.2, -0.15) is 0 Å². The molecule has 0 spiro atoms. The maximum Gasteiger partial charge on any atom is 0.252 e. The number of fused-ring (bicyclic) bond motifs is 14. The predicted octanol–water partition coefficient (Wildman–Crippen LogP) is 12.6. The molecule has 12 aromatic rings. The van der Waals surface area contributed by atoms with Gasteiger partial charge in [-0.1, -0.05) is 187 Å². The first kappa shape index (κ1) is 45.1. The van der Waals surface area contributed by atoms with Crippen LogP contribution in [0.4, 0.5) is 85.3 Å². The lowest BCUT2D eigenvalue weighted by molar-refractivity contribution is 1.22. The molecule has 0 bridgehead atoms. The quantitative estimate of drug-likeness (QED) is 0.153. The summed E-state index contributed by atoms with van der Waals surface area (Å²) in [6.07, 6.45) is 0. The smallest absolute Gasteiger partial charge is 0.252 e. The molecule has 0 unspecified atom stereocenters. The van der Waals surface area contributed by atoms with Gasteiger partial charge in [0.15, 0.2) is 0 Å². The van der Waals surface area contributed by atoms with E-state index >= 15 is 0 Å². The van der Waals surface area contributed by atoms with Crippen molar-refractivity contribution in [3.05, 3.63) is 279 Å². The second-order valence-corrected chi connectivity index (χ2v) is 23.0. The van der Waals surface area contributed by atoms with E-state index in [1.807, 2.05) is 11.8 Å². The third kappa shape index (κ3) is 6.38. The van der Waals surface area contributed by atoms with Crippen molar-refractivity contribution in [2.75, 3.05) is 24.5 Å². The van der Waals surface area contributed by atoms with Gasteiger partial charge in [-0.3, -0.25) is 0 Å².